The zero-order valence-corrected chi connectivity index (χ0v) is 15.7. The topological polar surface area (TPSA) is 73.7 Å². The fraction of sp³-hybridized carbons (Fsp3) is 0.474. The molecule has 0 fully saturated rings. The van der Waals surface area contributed by atoms with Crippen LogP contribution >= 0.6 is 11.6 Å². The first kappa shape index (κ1) is 19.5. The van der Waals surface area contributed by atoms with E-state index in [-0.39, 0.29) is 11.9 Å². The Morgan fingerprint density at radius 3 is 2.60 bits per heavy atom. The third kappa shape index (κ3) is 5.06. The lowest BCUT2D eigenvalue weighted by atomic mass is 9.97. The molecule has 1 heterocycles. The first-order valence-electron chi connectivity index (χ1n) is 8.75. The number of hydrogen-bond acceptors (Lipinski definition) is 4. The molecule has 1 aliphatic rings. The van der Waals surface area contributed by atoms with E-state index in [1.807, 2.05) is 19.1 Å². The second-order valence-electron chi connectivity index (χ2n) is 6.17. The van der Waals surface area contributed by atoms with Gasteiger partial charge in [0.25, 0.3) is 0 Å². The fourth-order valence-corrected chi connectivity index (χ4v) is 3.09. The van der Waals surface area contributed by atoms with E-state index in [0.29, 0.717) is 17.3 Å². The molecule has 0 bridgehead atoms. The quantitative estimate of drug-likeness (QED) is 0.695. The third-order valence-electron chi connectivity index (χ3n) is 4.23. The van der Waals surface area contributed by atoms with Crippen LogP contribution < -0.4 is 10.6 Å². The molecular formula is C19H26ClN3O2. The predicted molar refractivity (Wildman–Crippen MR) is 102 cm³/mol. The molecule has 2 rings (SSSR count). The van der Waals surface area contributed by atoms with Crippen molar-refractivity contribution in [1.82, 2.24) is 10.6 Å². The maximum Gasteiger partial charge on any atom is 0.217 e. The summed E-state index contributed by atoms with van der Waals surface area (Å²) in [5.41, 5.74) is 2.50. The molecule has 0 radical (unpaired) electrons. The van der Waals surface area contributed by atoms with Crippen molar-refractivity contribution < 1.29 is 9.90 Å². The summed E-state index contributed by atoms with van der Waals surface area (Å²) in [5.74, 6) is 0.499. The van der Waals surface area contributed by atoms with Crippen molar-refractivity contribution in [3.05, 3.63) is 46.1 Å². The molecule has 1 aromatic rings. The summed E-state index contributed by atoms with van der Waals surface area (Å²) < 4.78 is 0. The summed E-state index contributed by atoms with van der Waals surface area (Å²) in [4.78, 5) is 16.0. The van der Waals surface area contributed by atoms with Gasteiger partial charge >= 0.3 is 0 Å². The Labute approximate surface area is 154 Å². The lowest BCUT2D eigenvalue weighted by Crippen LogP contribution is -2.45. The van der Waals surface area contributed by atoms with Gasteiger partial charge in [0.05, 0.1) is 6.04 Å². The molecule has 25 heavy (non-hydrogen) atoms. The Kier molecular flexibility index (Phi) is 7.02. The van der Waals surface area contributed by atoms with Crippen molar-refractivity contribution >= 4 is 23.3 Å². The Morgan fingerprint density at radius 1 is 1.36 bits per heavy atom. The second-order valence-corrected chi connectivity index (χ2v) is 6.61. The number of amides is 1. The summed E-state index contributed by atoms with van der Waals surface area (Å²) >= 11 is 5.95. The Balaban J connectivity index is 2.34. The van der Waals surface area contributed by atoms with Crippen LogP contribution in [0.2, 0.25) is 5.02 Å². The van der Waals surface area contributed by atoms with E-state index in [1.54, 1.807) is 12.1 Å². The molecule has 1 unspecified atom stereocenters. The zero-order chi connectivity index (χ0) is 18.4. The van der Waals surface area contributed by atoms with Crippen molar-refractivity contribution in [2.24, 2.45) is 4.99 Å². The van der Waals surface area contributed by atoms with Crippen molar-refractivity contribution in [2.75, 3.05) is 0 Å². The van der Waals surface area contributed by atoms with Crippen molar-refractivity contribution in [1.29, 1.82) is 0 Å². The van der Waals surface area contributed by atoms with Crippen LogP contribution in [0.15, 0.2) is 40.5 Å². The number of rotatable bonds is 7. The summed E-state index contributed by atoms with van der Waals surface area (Å²) in [5, 5.41) is 17.5. The normalized spacial score (nSPS) is 18.4. The minimum absolute atomic E-state index is 0.0871. The number of aliphatic hydroxyl groups excluding tert-OH is 1. The van der Waals surface area contributed by atoms with Crippen LogP contribution in [0, 0.1) is 0 Å². The number of amidine groups is 1. The van der Waals surface area contributed by atoms with Gasteiger partial charge in [-0.1, -0.05) is 38.3 Å². The highest BCUT2D eigenvalue weighted by molar-refractivity contribution is 6.30. The molecule has 6 heteroatoms. The van der Waals surface area contributed by atoms with Crippen LogP contribution in [0.25, 0.3) is 0 Å². The molecule has 5 nitrogen and oxygen atoms in total. The molecule has 0 saturated heterocycles. The minimum atomic E-state index is -0.912. The van der Waals surface area contributed by atoms with Crippen molar-refractivity contribution in [2.45, 2.75) is 58.7 Å². The molecule has 1 aromatic carbocycles. The average molecular weight is 364 g/mol. The number of carbonyl (C=O) groups excluding carboxylic acids is 1. The highest BCUT2D eigenvalue weighted by Gasteiger charge is 2.27. The summed E-state index contributed by atoms with van der Waals surface area (Å²) in [6.45, 7) is 5.61. The minimum Gasteiger partial charge on any atom is -0.368 e. The van der Waals surface area contributed by atoms with Gasteiger partial charge in [0.15, 0.2) is 6.23 Å². The van der Waals surface area contributed by atoms with Gasteiger partial charge < -0.3 is 15.7 Å². The molecule has 0 spiro atoms. The van der Waals surface area contributed by atoms with Gasteiger partial charge in [-0.2, -0.15) is 0 Å². The smallest absolute Gasteiger partial charge is 0.217 e. The first-order valence-corrected chi connectivity index (χ1v) is 9.12. The number of hydrogen-bond donors (Lipinski definition) is 3. The largest absolute Gasteiger partial charge is 0.368 e. The summed E-state index contributed by atoms with van der Waals surface area (Å²) in [6, 6.07) is 7.12. The van der Waals surface area contributed by atoms with Crippen molar-refractivity contribution in [3.8, 4) is 0 Å². The van der Waals surface area contributed by atoms with Gasteiger partial charge in [-0.3, -0.25) is 4.79 Å². The lowest BCUT2D eigenvalue weighted by Gasteiger charge is -2.31. The van der Waals surface area contributed by atoms with Gasteiger partial charge in [-0.15, -0.1) is 0 Å². The number of nitrogens with one attached hydrogen (secondary N) is 2. The number of benzene rings is 1. The van der Waals surface area contributed by atoms with Crippen LogP contribution in [-0.4, -0.2) is 29.1 Å². The number of halogens is 1. The molecule has 1 amide bonds. The van der Waals surface area contributed by atoms with Crippen LogP contribution in [0.3, 0.4) is 0 Å². The monoisotopic (exact) mass is 363 g/mol. The van der Waals surface area contributed by atoms with Gasteiger partial charge in [0.2, 0.25) is 5.91 Å². The van der Waals surface area contributed by atoms with Gasteiger partial charge in [-0.05, 0) is 37.1 Å². The number of carbonyl (C=O) groups is 1. The standard InChI is InChI=1S/C19H26ClN3O2/c1-4-6-7-16(21-12(3)24)17-15(5-2)19(25)23-18(22-17)13-8-10-14(20)11-9-13/h8-11,16,19,25H,4-7H2,1-3H3,(H,21,24)(H,22,23)/t16-,19?/m1/s1. The maximum absolute atomic E-state index is 11.7. The zero-order valence-electron chi connectivity index (χ0n) is 15.0. The molecule has 2 atom stereocenters. The highest BCUT2D eigenvalue weighted by Crippen LogP contribution is 2.24. The van der Waals surface area contributed by atoms with E-state index in [2.05, 4.69) is 22.5 Å². The Bertz CT molecular complexity index is 668. The first-order chi connectivity index (χ1) is 12.0. The van der Waals surface area contributed by atoms with E-state index < -0.39 is 6.23 Å². The number of aliphatic hydroxyl groups is 1. The van der Waals surface area contributed by atoms with Crippen LogP contribution in [0.1, 0.15) is 52.0 Å². The number of nitrogens with zero attached hydrogens (tertiary/aromatic N) is 1. The predicted octanol–water partition coefficient (Wildman–Crippen LogP) is 3.37. The average Bonchev–Trinajstić information content (AvgIpc) is 2.58. The molecule has 136 valence electrons. The maximum atomic E-state index is 11.7. The Hall–Kier alpha value is -1.85. The van der Waals surface area contributed by atoms with E-state index in [4.69, 9.17) is 11.6 Å². The van der Waals surface area contributed by atoms with Gasteiger partial charge in [0, 0.05) is 28.8 Å². The van der Waals surface area contributed by atoms with Crippen LogP contribution in [0.5, 0.6) is 0 Å². The number of unbranched alkanes of at least 4 members (excludes halogenated alkanes) is 1. The van der Waals surface area contributed by atoms with Crippen LogP contribution in [-0.2, 0) is 4.79 Å². The molecule has 1 aliphatic heterocycles. The molecule has 0 aliphatic carbocycles. The fourth-order valence-electron chi connectivity index (χ4n) is 2.96. The highest BCUT2D eigenvalue weighted by atomic mass is 35.5. The molecule has 3 N–H and O–H groups in total. The summed E-state index contributed by atoms with van der Waals surface area (Å²) in [6.07, 6.45) is 2.57. The van der Waals surface area contributed by atoms with E-state index in [0.717, 1.165) is 36.1 Å². The summed E-state index contributed by atoms with van der Waals surface area (Å²) in [7, 11) is 0. The van der Waals surface area contributed by atoms with E-state index >= 15 is 0 Å². The molecule has 0 aromatic heterocycles. The third-order valence-corrected chi connectivity index (χ3v) is 4.48. The van der Waals surface area contributed by atoms with E-state index in [1.165, 1.54) is 6.92 Å². The van der Waals surface area contributed by atoms with E-state index in [9.17, 15) is 9.90 Å². The molecular weight excluding hydrogens is 338 g/mol. The Morgan fingerprint density at radius 2 is 2.04 bits per heavy atom. The molecule has 0 saturated carbocycles. The van der Waals surface area contributed by atoms with Crippen molar-refractivity contribution in [3.63, 3.8) is 0 Å². The number of aliphatic imine (C=N–C) groups is 1. The van der Waals surface area contributed by atoms with Gasteiger partial charge in [-0.25, -0.2) is 4.99 Å². The lowest BCUT2D eigenvalue weighted by molar-refractivity contribution is -0.119. The van der Waals surface area contributed by atoms with Crippen LogP contribution in [0.4, 0.5) is 0 Å². The second kappa shape index (κ2) is 9.02. The SMILES string of the molecule is CCCC[C@@H](NC(C)=O)C1=C(CC)C(O)N=C(c2ccc(Cl)cc2)N1. The van der Waals surface area contributed by atoms with Gasteiger partial charge in [0.1, 0.15) is 5.84 Å².